The average Bonchev–Trinajstić information content (AvgIpc) is 3.43. The van der Waals surface area contributed by atoms with E-state index in [4.69, 9.17) is 13.9 Å². The van der Waals surface area contributed by atoms with Crippen LogP contribution in [0.25, 0.3) is 44.2 Å². The van der Waals surface area contributed by atoms with Crippen LogP contribution in [-0.4, -0.2) is 34.1 Å². The van der Waals surface area contributed by atoms with Crippen LogP contribution in [0.1, 0.15) is 38.1 Å². The minimum absolute atomic E-state index is 0.0748. The summed E-state index contributed by atoms with van der Waals surface area (Å²) in [7, 11) is 3.12. The van der Waals surface area contributed by atoms with Crippen LogP contribution in [0.5, 0.6) is 17.2 Å². The van der Waals surface area contributed by atoms with Crippen molar-refractivity contribution in [1.82, 2.24) is 14.8 Å². The van der Waals surface area contributed by atoms with Crippen molar-refractivity contribution in [1.29, 1.82) is 0 Å². The lowest BCUT2D eigenvalue weighted by Crippen LogP contribution is -2.16. The predicted octanol–water partition coefficient (Wildman–Crippen LogP) is 4.81. The summed E-state index contributed by atoms with van der Waals surface area (Å²) in [6, 6.07) is 8.43. The lowest BCUT2D eigenvalue weighted by atomic mass is 9.95. The smallest absolute Gasteiger partial charge is 0.274 e. The van der Waals surface area contributed by atoms with Crippen molar-refractivity contribution in [2.45, 2.75) is 38.1 Å². The molecule has 6 rings (SSSR count). The molecule has 9 heteroatoms. The van der Waals surface area contributed by atoms with Gasteiger partial charge in [-0.1, -0.05) is 19.3 Å². The summed E-state index contributed by atoms with van der Waals surface area (Å²) in [6.45, 7) is 0. The van der Waals surface area contributed by atoms with Crippen LogP contribution in [0.15, 0.2) is 44.3 Å². The Balaban J connectivity index is 1.79. The third-order valence-corrected chi connectivity index (χ3v) is 7.06. The molecular formula is C26H25N3O6. The molecule has 1 fully saturated rings. The number of rotatable bonds is 4. The fourth-order valence-electron chi connectivity index (χ4n) is 5.34. The highest BCUT2D eigenvalue weighted by Crippen LogP contribution is 2.44. The number of ether oxygens (including phenoxy) is 2. The van der Waals surface area contributed by atoms with Gasteiger partial charge in [0.1, 0.15) is 17.1 Å². The van der Waals surface area contributed by atoms with Crippen molar-refractivity contribution in [3.63, 3.8) is 0 Å². The van der Waals surface area contributed by atoms with Gasteiger partial charge >= 0.3 is 0 Å². The number of phenolic OH excluding ortho intramolecular Hbond substituents is 1. The van der Waals surface area contributed by atoms with E-state index in [1.54, 1.807) is 32.4 Å². The molecular weight excluding hydrogens is 450 g/mol. The minimum Gasteiger partial charge on any atom is -0.502 e. The van der Waals surface area contributed by atoms with Gasteiger partial charge in [0.05, 0.1) is 31.2 Å². The molecule has 0 spiro atoms. The zero-order valence-corrected chi connectivity index (χ0v) is 19.4. The number of aromatic hydroxyl groups is 1. The van der Waals surface area contributed by atoms with Gasteiger partial charge in [0, 0.05) is 22.6 Å². The molecule has 1 aliphatic rings. The topological polar surface area (TPSA) is 122 Å². The number of benzene rings is 2. The fourth-order valence-corrected chi connectivity index (χ4v) is 5.34. The van der Waals surface area contributed by atoms with E-state index in [2.05, 4.69) is 10.1 Å². The first-order valence-corrected chi connectivity index (χ1v) is 11.7. The van der Waals surface area contributed by atoms with Crippen molar-refractivity contribution >= 4 is 33.1 Å². The van der Waals surface area contributed by atoms with Gasteiger partial charge in [-0.2, -0.15) is 0 Å². The maximum Gasteiger partial charge on any atom is 0.274 e. The number of fused-ring (bicyclic) bond motifs is 4. The highest BCUT2D eigenvalue weighted by molar-refractivity contribution is 6.15. The number of nitrogens with zero attached hydrogens (tertiary/aromatic N) is 1. The van der Waals surface area contributed by atoms with E-state index >= 15 is 0 Å². The number of pyridine rings is 1. The molecule has 1 saturated carbocycles. The zero-order valence-electron chi connectivity index (χ0n) is 19.4. The molecule has 0 aliphatic heterocycles. The van der Waals surface area contributed by atoms with E-state index in [1.807, 2.05) is 10.7 Å². The number of furan rings is 1. The highest BCUT2D eigenvalue weighted by atomic mass is 16.5. The van der Waals surface area contributed by atoms with E-state index < -0.39 is 11.2 Å². The average molecular weight is 476 g/mol. The molecule has 0 saturated heterocycles. The lowest BCUT2D eigenvalue weighted by Gasteiger charge is -2.23. The standard InChI is InChI=1S/C26H25N3O6/c1-33-14-8-9-15(18(12-14)34-2)19-20-25(29(28-26(20)32)13-6-4-3-5-7-13)27-21-16-10-11-17(30)22(31)23(16)35-24(19)21/h8-13,27,31H,3-7H2,1-2H3,(H,28,32). The summed E-state index contributed by atoms with van der Waals surface area (Å²) in [5.74, 6) is 0.637. The molecule has 0 unspecified atom stereocenters. The predicted molar refractivity (Wildman–Crippen MR) is 133 cm³/mol. The third-order valence-electron chi connectivity index (χ3n) is 7.06. The quantitative estimate of drug-likeness (QED) is 0.343. The Hall–Kier alpha value is -4.14. The molecule has 3 N–H and O–H groups in total. The minimum atomic E-state index is -0.533. The van der Waals surface area contributed by atoms with E-state index in [-0.39, 0.29) is 17.2 Å². The molecule has 35 heavy (non-hydrogen) atoms. The van der Waals surface area contributed by atoms with Gasteiger partial charge in [0.2, 0.25) is 11.2 Å². The first-order valence-electron chi connectivity index (χ1n) is 11.7. The summed E-state index contributed by atoms with van der Waals surface area (Å²) in [4.78, 5) is 29.0. The molecule has 1 aliphatic carbocycles. The summed E-state index contributed by atoms with van der Waals surface area (Å²) < 4.78 is 19.0. The monoisotopic (exact) mass is 475 g/mol. The number of methoxy groups -OCH3 is 2. The van der Waals surface area contributed by atoms with Gasteiger partial charge in [-0.25, -0.2) is 0 Å². The Bertz CT molecular complexity index is 1720. The Morgan fingerprint density at radius 2 is 1.83 bits per heavy atom. The van der Waals surface area contributed by atoms with Gasteiger partial charge in [-0.05, 0) is 37.1 Å². The molecule has 9 nitrogen and oxygen atoms in total. The Kier molecular flexibility index (Phi) is 4.87. The molecule has 2 aromatic carbocycles. The zero-order chi connectivity index (χ0) is 24.3. The molecule has 0 bridgehead atoms. The van der Waals surface area contributed by atoms with Gasteiger partial charge in [-0.3, -0.25) is 19.4 Å². The van der Waals surface area contributed by atoms with Crippen LogP contribution in [-0.2, 0) is 0 Å². The van der Waals surface area contributed by atoms with Crippen molar-refractivity contribution < 1.29 is 19.0 Å². The van der Waals surface area contributed by atoms with Gasteiger partial charge in [-0.15, -0.1) is 0 Å². The fraction of sp³-hybridized carbons (Fsp3) is 0.308. The second-order valence-corrected chi connectivity index (χ2v) is 8.99. The van der Waals surface area contributed by atoms with Crippen LogP contribution in [0.2, 0.25) is 0 Å². The first-order chi connectivity index (χ1) is 17.0. The Morgan fingerprint density at radius 3 is 2.57 bits per heavy atom. The molecule has 0 amide bonds. The number of phenols is 1. The summed E-state index contributed by atoms with van der Waals surface area (Å²) >= 11 is 0. The first kappa shape index (κ1) is 21.4. The van der Waals surface area contributed by atoms with E-state index in [0.717, 1.165) is 25.7 Å². The number of hydrogen-bond acceptors (Lipinski definition) is 6. The van der Waals surface area contributed by atoms with Crippen LogP contribution in [0.3, 0.4) is 0 Å². The second-order valence-electron chi connectivity index (χ2n) is 8.99. The van der Waals surface area contributed by atoms with Crippen LogP contribution >= 0.6 is 0 Å². The second kappa shape index (κ2) is 7.97. The number of H-pyrrole nitrogens is 2. The summed E-state index contributed by atoms with van der Waals surface area (Å²) in [6.07, 6.45) is 5.33. The Labute approximate surface area is 198 Å². The van der Waals surface area contributed by atoms with Gasteiger partial charge in [0.15, 0.2) is 11.2 Å². The van der Waals surface area contributed by atoms with Crippen molar-refractivity contribution in [3.8, 4) is 28.4 Å². The molecule has 180 valence electrons. The largest absolute Gasteiger partial charge is 0.502 e. The van der Waals surface area contributed by atoms with Crippen molar-refractivity contribution in [2.24, 2.45) is 0 Å². The molecule has 3 heterocycles. The molecule has 0 atom stereocenters. The Morgan fingerprint density at radius 1 is 1.03 bits per heavy atom. The van der Waals surface area contributed by atoms with E-state index in [9.17, 15) is 14.7 Å². The number of aromatic nitrogens is 3. The molecule has 3 aromatic heterocycles. The van der Waals surface area contributed by atoms with Gasteiger partial charge in [0.25, 0.3) is 5.56 Å². The number of aromatic amines is 2. The van der Waals surface area contributed by atoms with Crippen LogP contribution < -0.4 is 20.5 Å². The van der Waals surface area contributed by atoms with E-state index in [1.165, 1.54) is 12.5 Å². The summed E-state index contributed by atoms with van der Waals surface area (Å²) in [5.41, 5.74) is 2.00. The normalized spacial score (nSPS) is 14.8. The van der Waals surface area contributed by atoms with Gasteiger partial charge < -0.3 is 24.0 Å². The molecule has 5 aromatic rings. The van der Waals surface area contributed by atoms with Crippen LogP contribution in [0, 0.1) is 0 Å². The lowest BCUT2D eigenvalue weighted by molar-refractivity contribution is 0.335. The third kappa shape index (κ3) is 3.14. The number of nitrogens with one attached hydrogen (secondary N) is 2. The molecule has 0 radical (unpaired) electrons. The number of hydrogen-bond donors (Lipinski definition) is 3. The highest BCUT2D eigenvalue weighted by Gasteiger charge is 2.27. The van der Waals surface area contributed by atoms with Crippen molar-refractivity contribution in [3.05, 3.63) is 50.9 Å². The van der Waals surface area contributed by atoms with Crippen molar-refractivity contribution in [2.75, 3.05) is 14.2 Å². The van der Waals surface area contributed by atoms with Crippen LogP contribution in [0.4, 0.5) is 0 Å². The SMILES string of the molecule is COc1ccc(-c2c3oc4c(O)c(=O)ccc4c3[nH]c3c2c(=O)[nH]n3C2CCCCC2)c(OC)c1. The summed E-state index contributed by atoms with van der Waals surface area (Å²) in [5, 5.41) is 14.5. The maximum absolute atomic E-state index is 13.4. The van der Waals surface area contributed by atoms with E-state index in [0.29, 0.717) is 50.1 Å². The maximum atomic E-state index is 13.4.